The lowest BCUT2D eigenvalue weighted by molar-refractivity contribution is -0.138. The number of fused-ring (bicyclic) bond motifs is 1. The van der Waals surface area contributed by atoms with Gasteiger partial charge in [0, 0.05) is 11.4 Å². The largest absolute Gasteiger partial charge is 0.480 e. The molecule has 1 aromatic carbocycles. The second-order valence-corrected chi connectivity index (χ2v) is 4.73. The van der Waals surface area contributed by atoms with E-state index < -0.39 is 11.9 Å². The third kappa shape index (κ3) is 2.82. The van der Waals surface area contributed by atoms with Crippen LogP contribution in [-0.2, 0) is 4.79 Å². The summed E-state index contributed by atoms with van der Waals surface area (Å²) in [5.74, 6) is -1.25. The SMILES string of the molecule is CCC(C)N(CC(=O)O)C(=O)c1cc2ccccc2o1. The number of rotatable bonds is 5. The summed E-state index contributed by atoms with van der Waals surface area (Å²) in [5.41, 5.74) is 0.621. The van der Waals surface area contributed by atoms with Gasteiger partial charge in [-0.15, -0.1) is 0 Å². The van der Waals surface area contributed by atoms with Gasteiger partial charge in [0.25, 0.3) is 5.91 Å². The number of benzene rings is 1. The van der Waals surface area contributed by atoms with Crippen LogP contribution in [0.2, 0.25) is 0 Å². The molecule has 0 fully saturated rings. The molecular weight excluding hydrogens is 258 g/mol. The average molecular weight is 275 g/mol. The summed E-state index contributed by atoms with van der Waals surface area (Å²) in [6, 6.07) is 8.79. The van der Waals surface area contributed by atoms with Gasteiger partial charge in [0.15, 0.2) is 5.76 Å². The lowest BCUT2D eigenvalue weighted by Crippen LogP contribution is -2.41. The Morgan fingerprint density at radius 2 is 2.05 bits per heavy atom. The molecule has 0 aliphatic carbocycles. The normalized spacial score (nSPS) is 12.3. The van der Waals surface area contributed by atoms with Crippen molar-refractivity contribution in [2.45, 2.75) is 26.3 Å². The Bertz CT molecular complexity index is 599. The molecule has 0 saturated carbocycles. The smallest absolute Gasteiger partial charge is 0.323 e. The van der Waals surface area contributed by atoms with Gasteiger partial charge in [-0.3, -0.25) is 9.59 Å². The Morgan fingerprint density at radius 1 is 1.35 bits per heavy atom. The topological polar surface area (TPSA) is 70.8 Å². The molecule has 1 amide bonds. The zero-order chi connectivity index (χ0) is 14.7. The van der Waals surface area contributed by atoms with Crippen LogP contribution in [0.25, 0.3) is 11.0 Å². The Balaban J connectivity index is 2.32. The first-order valence-electron chi connectivity index (χ1n) is 6.54. The van der Waals surface area contributed by atoms with Gasteiger partial charge in [0.05, 0.1) is 0 Å². The number of para-hydroxylation sites is 1. The molecular formula is C15H17NO4. The summed E-state index contributed by atoms with van der Waals surface area (Å²) in [6.45, 7) is 3.40. The van der Waals surface area contributed by atoms with Crippen LogP contribution in [-0.4, -0.2) is 34.5 Å². The van der Waals surface area contributed by atoms with Gasteiger partial charge in [-0.05, 0) is 25.5 Å². The molecule has 20 heavy (non-hydrogen) atoms. The second-order valence-electron chi connectivity index (χ2n) is 4.73. The molecule has 1 unspecified atom stereocenters. The van der Waals surface area contributed by atoms with Crippen molar-refractivity contribution < 1.29 is 19.1 Å². The van der Waals surface area contributed by atoms with E-state index in [0.717, 1.165) is 5.39 Å². The summed E-state index contributed by atoms with van der Waals surface area (Å²) in [6.07, 6.45) is 0.680. The highest BCUT2D eigenvalue weighted by Gasteiger charge is 2.25. The average Bonchev–Trinajstić information content (AvgIpc) is 2.86. The van der Waals surface area contributed by atoms with E-state index in [-0.39, 0.29) is 18.3 Å². The predicted octanol–water partition coefficient (Wildman–Crippen LogP) is 2.76. The Morgan fingerprint density at radius 3 is 2.65 bits per heavy atom. The lowest BCUT2D eigenvalue weighted by atomic mass is 10.2. The van der Waals surface area contributed by atoms with E-state index in [1.54, 1.807) is 12.1 Å². The van der Waals surface area contributed by atoms with Crippen LogP contribution in [0.15, 0.2) is 34.7 Å². The molecule has 2 aromatic rings. The molecule has 1 heterocycles. The molecule has 0 spiro atoms. The highest BCUT2D eigenvalue weighted by Crippen LogP contribution is 2.21. The first-order valence-corrected chi connectivity index (χ1v) is 6.54. The van der Waals surface area contributed by atoms with E-state index in [1.807, 2.05) is 32.0 Å². The summed E-state index contributed by atoms with van der Waals surface area (Å²) in [5, 5.41) is 9.77. The Labute approximate surface area is 116 Å². The zero-order valence-corrected chi connectivity index (χ0v) is 11.5. The number of amides is 1. The van der Waals surface area contributed by atoms with Crippen molar-refractivity contribution in [2.24, 2.45) is 0 Å². The molecule has 0 aliphatic rings. The molecule has 1 aromatic heterocycles. The van der Waals surface area contributed by atoms with Crippen LogP contribution in [0.5, 0.6) is 0 Å². The molecule has 2 rings (SSSR count). The van der Waals surface area contributed by atoms with Crippen molar-refractivity contribution in [3.8, 4) is 0 Å². The fourth-order valence-electron chi connectivity index (χ4n) is 2.02. The Hall–Kier alpha value is -2.30. The van der Waals surface area contributed by atoms with Crippen LogP contribution in [0.3, 0.4) is 0 Å². The summed E-state index contributed by atoms with van der Waals surface area (Å²) >= 11 is 0. The standard InChI is InChI=1S/C15H17NO4/c1-3-10(2)16(9-14(17)18)15(19)13-8-11-6-4-5-7-12(11)20-13/h4-8,10H,3,9H2,1-2H3,(H,17,18). The maximum Gasteiger partial charge on any atom is 0.323 e. The van der Waals surface area contributed by atoms with E-state index >= 15 is 0 Å². The summed E-state index contributed by atoms with van der Waals surface area (Å²) < 4.78 is 5.50. The predicted molar refractivity (Wildman–Crippen MR) is 74.6 cm³/mol. The summed E-state index contributed by atoms with van der Waals surface area (Å²) in [4.78, 5) is 24.7. The molecule has 0 radical (unpaired) electrons. The third-order valence-corrected chi connectivity index (χ3v) is 3.33. The third-order valence-electron chi connectivity index (χ3n) is 3.33. The number of carbonyl (C=O) groups is 2. The molecule has 1 N–H and O–H groups in total. The van der Waals surface area contributed by atoms with Gasteiger partial charge < -0.3 is 14.4 Å². The van der Waals surface area contributed by atoms with Crippen LogP contribution < -0.4 is 0 Å². The maximum atomic E-state index is 12.4. The fraction of sp³-hybridized carbons (Fsp3) is 0.333. The molecule has 0 aliphatic heterocycles. The van der Waals surface area contributed by atoms with Gasteiger partial charge in [-0.25, -0.2) is 0 Å². The van der Waals surface area contributed by atoms with Crippen molar-refractivity contribution in [2.75, 3.05) is 6.54 Å². The Kier molecular flexibility index (Phi) is 4.08. The van der Waals surface area contributed by atoms with Crippen molar-refractivity contribution in [3.63, 3.8) is 0 Å². The molecule has 5 nitrogen and oxygen atoms in total. The molecule has 0 bridgehead atoms. The number of furan rings is 1. The number of hydrogen-bond donors (Lipinski definition) is 1. The van der Waals surface area contributed by atoms with Crippen molar-refractivity contribution in [1.82, 2.24) is 4.90 Å². The summed E-state index contributed by atoms with van der Waals surface area (Å²) in [7, 11) is 0. The van der Waals surface area contributed by atoms with E-state index in [9.17, 15) is 9.59 Å². The zero-order valence-electron chi connectivity index (χ0n) is 11.5. The molecule has 106 valence electrons. The van der Waals surface area contributed by atoms with E-state index in [1.165, 1.54) is 4.90 Å². The van der Waals surface area contributed by atoms with Crippen molar-refractivity contribution in [1.29, 1.82) is 0 Å². The minimum Gasteiger partial charge on any atom is -0.480 e. The van der Waals surface area contributed by atoms with Crippen LogP contribution in [0.1, 0.15) is 30.8 Å². The minimum atomic E-state index is -1.03. The van der Waals surface area contributed by atoms with E-state index in [2.05, 4.69) is 0 Å². The molecule has 0 saturated heterocycles. The van der Waals surface area contributed by atoms with Crippen molar-refractivity contribution >= 4 is 22.8 Å². The minimum absolute atomic E-state index is 0.160. The lowest BCUT2D eigenvalue weighted by Gasteiger charge is -2.25. The molecule has 5 heteroatoms. The monoisotopic (exact) mass is 275 g/mol. The number of carboxylic acids is 1. The van der Waals surface area contributed by atoms with E-state index in [0.29, 0.717) is 12.0 Å². The van der Waals surface area contributed by atoms with Gasteiger partial charge in [-0.1, -0.05) is 25.1 Å². The number of hydrogen-bond acceptors (Lipinski definition) is 3. The van der Waals surface area contributed by atoms with Gasteiger partial charge in [-0.2, -0.15) is 0 Å². The first kappa shape index (κ1) is 14.1. The fourth-order valence-corrected chi connectivity index (χ4v) is 2.02. The van der Waals surface area contributed by atoms with Crippen molar-refractivity contribution in [3.05, 3.63) is 36.1 Å². The van der Waals surface area contributed by atoms with Gasteiger partial charge in [0.2, 0.25) is 0 Å². The van der Waals surface area contributed by atoms with Gasteiger partial charge in [0.1, 0.15) is 12.1 Å². The van der Waals surface area contributed by atoms with Crippen LogP contribution in [0, 0.1) is 0 Å². The quantitative estimate of drug-likeness (QED) is 0.910. The first-order chi connectivity index (χ1) is 9.52. The highest BCUT2D eigenvalue weighted by molar-refractivity contribution is 5.97. The van der Waals surface area contributed by atoms with E-state index in [4.69, 9.17) is 9.52 Å². The number of nitrogens with zero attached hydrogens (tertiary/aromatic N) is 1. The van der Waals surface area contributed by atoms with Crippen LogP contribution >= 0.6 is 0 Å². The van der Waals surface area contributed by atoms with Crippen LogP contribution in [0.4, 0.5) is 0 Å². The second kappa shape index (κ2) is 5.77. The highest BCUT2D eigenvalue weighted by atomic mass is 16.4. The number of carboxylic acid groups (broad SMARTS) is 1. The maximum absolute atomic E-state index is 12.4. The van der Waals surface area contributed by atoms with Gasteiger partial charge >= 0.3 is 5.97 Å². The molecule has 1 atom stereocenters. The number of aliphatic carboxylic acids is 1. The number of carbonyl (C=O) groups excluding carboxylic acids is 1.